The molecule has 2 atom stereocenters. The molecule has 7 heteroatoms. The molecule has 0 radical (unpaired) electrons. The molecule has 1 aliphatic heterocycles. The largest absolute Gasteiger partial charge is 0.459 e. The molecule has 24 heavy (non-hydrogen) atoms. The second kappa shape index (κ2) is 6.95. The number of imide groups is 1. The molecule has 0 N–H and O–H groups in total. The summed E-state index contributed by atoms with van der Waals surface area (Å²) >= 11 is 11.7. The van der Waals surface area contributed by atoms with Gasteiger partial charge < -0.3 is 4.74 Å². The minimum atomic E-state index is -0.630. The number of likely N-dealkylation sites (tertiary alicyclic amines) is 1. The zero-order valence-corrected chi connectivity index (χ0v) is 14.2. The third-order valence-corrected chi connectivity index (χ3v) is 5.01. The van der Waals surface area contributed by atoms with Gasteiger partial charge in [0.15, 0.2) is 0 Å². The molecule has 1 aromatic carbocycles. The number of halogens is 2. The van der Waals surface area contributed by atoms with Gasteiger partial charge in [-0.2, -0.15) is 0 Å². The van der Waals surface area contributed by atoms with Crippen molar-refractivity contribution in [2.24, 2.45) is 11.8 Å². The Kier molecular flexibility index (Phi) is 4.92. The average molecular weight is 368 g/mol. The van der Waals surface area contributed by atoms with E-state index in [1.54, 1.807) is 18.2 Å². The summed E-state index contributed by atoms with van der Waals surface area (Å²) in [5, 5.41) is 0.780. The molecule has 1 saturated heterocycles. The smallest absolute Gasteiger partial charge is 0.326 e. The van der Waals surface area contributed by atoms with Crippen molar-refractivity contribution in [2.45, 2.75) is 19.4 Å². The van der Waals surface area contributed by atoms with Crippen LogP contribution in [0.15, 0.2) is 30.4 Å². The molecule has 2 aliphatic rings. The van der Waals surface area contributed by atoms with Gasteiger partial charge in [0.05, 0.1) is 21.9 Å². The molecule has 1 aromatic rings. The van der Waals surface area contributed by atoms with E-state index < -0.39 is 5.97 Å². The van der Waals surface area contributed by atoms with Crippen molar-refractivity contribution in [2.75, 3.05) is 6.54 Å². The Hall–Kier alpha value is -1.85. The molecule has 3 rings (SSSR count). The van der Waals surface area contributed by atoms with Gasteiger partial charge in [0, 0.05) is 0 Å². The predicted molar refractivity (Wildman–Crippen MR) is 88.3 cm³/mol. The van der Waals surface area contributed by atoms with E-state index in [4.69, 9.17) is 27.9 Å². The molecule has 5 nitrogen and oxygen atoms in total. The first-order valence-corrected chi connectivity index (χ1v) is 8.32. The van der Waals surface area contributed by atoms with Gasteiger partial charge in [-0.15, -0.1) is 0 Å². The van der Waals surface area contributed by atoms with Crippen molar-refractivity contribution in [1.29, 1.82) is 0 Å². The van der Waals surface area contributed by atoms with Crippen LogP contribution in [0.25, 0.3) is 0 Å². The monoisotopic (exact) mass is 367 g/mol. The zero-order chi connectivity index (χ0) is 17.3. The Labute approximate surface area is 149 Å². The molecule has 1 fully saturated rings. The van der Waals surface area contributed by atoms with E-state index in [2.05, 4.69) is 0 Å². The van der Waals surface area contributed by atoms with Crippen LogP contribution in [-0.4, -0.2) is 29.2 Å². The summed E-state index contributed by atoms with van der Waals surface area (Å²) in [4.78, 5) is 37.5. The highest BCUT2D eigenvalue weighted by Crippen LogP contribution is 2.34. The number of amides is 2. The predicted octanol–water partition coefficient (Wildman–Crippen LogP) is 2.99. The van der Waals surface area contributed by atoms with Crippen molar-refractivity contribution in [1.82, 2.24) is 4.90 Å². The maximum atomic E-state index is 12.3. The summed E-state index contributed by atoms with van der Waals surface area (Å²) in [5.41, 5.74) is 0.676. The number of nitrogens with zero attached hydrogens (tertiary/aromatic N) is 1. The SMILES string of the molecule is O=C(CN1C(=O)[C@H]2CC=CC[C@@H]2C1=O)OCc1ccc(Cl)c(Cl)c1. The molecular formula is C17H15Cl2NO4. The number of allylic oxidation sites excluding steroid dienone is 2. The number of fused-ring (bicyclic) bond motifs is 1. The molecule has 2 amide bonds. The zero-order valence-electron chi connectivity index (χ0n) is 12.7. The first-order chi connectivity index (χ1) is 11.5. The first-order valence-electron chi connectivity index (χ1n) is 7.57. The summed E-state index contributed by atoms with van der Waals surface area (Å²) in [6, 6.07) is 4.90. The van der Waals surface area contributed by atoms with Gasteiger partial charge in [-0.05, 0) is 30.5 Å². The third-order valence-electron chi connectivity index (χ3n) is 4.27. The summed E-state index contributed by atoms with van der Waals surface area (Å²) in [5.74, 6) is -1.90. The summed E-state index contributed by atoms with van der Waals surface area (Å²) in [6.07, 6.45) is 4.89. The second-order valence-electron chi connectivity index (χ2n) is 5.83. The highest BCUT2D eigenvalue weighted by Gasteiger charge is 2.47. The Balaban J connectivity index is 1.58. The summed E-state index contributed by atoms with van der Waals surface area (Å²) in [7, 11) is 0. The van der Waals surface area contributed by atoms with E-state index in [-0.39, 0.29) is 36.8 Å². The topological polar surface area (TPSA) is 63.7 Å². The van der Waals surface area contributed by atoms with Crippen molar-refractivity contribution in [3.63, 3.8) is 0 Å². The number of rotatable bonds is 4. The van der Waals surface area contributed by atoms with E-state index in [1.165, 1.54) is 0 Å². The van der Waals surface area contributed by atoms with Crippen molar-refractivity contribution in [3.05, 3.63) is 46.0 Å². The fourth-order valence-electron chi connectivity index (χ4n) is 2.99. The molecule has 126 valence electrons. The fraction of sp³-hybridized carbons (Fsp3) is 0.353. The highest BCUT2D eigenvalue weighted by molar-refractivity contribution is 6.42. The Bertz CT molecular complexity index is 705. The van der Waals surface area contributed by atoms with Crippen LogP contribution in [0.5, 0.6) is 0 Å². The van der Waals surface area contributed by atoms with E-state index in [0.717, 1.165) is 4.90 Å². The van der Waals surface area contributed by atoms with Crippen LogP contribution in [0.4, 0.5) is 0 Å². The molecule has 0 unspecified atom stereocenters. The standard InChI is InChI=1S/C17H15Cl2NO4/c18-13-6-5-10(7-14(13)19)9-24-15(21)8-20-16(22)11-3-1-2-4-12(11)17(20)23/h1-2,5-7,11-12H,3-4,8-9H2/t11-,12-/m0/s1. The van der Waals surface area contributed by atoms with E-state index in [1.807, 2.05) is 12.2 Å². The summed E-state index contributed by atoms with van der Waals surface area (Å²) in [6.45, 7) is -0.355. The van der Waals surface area contributed by atoms with Gasteiger partial charge in [0.2, 0.25) is 11.8 Å². The minimum Gasteiger partial charge on any atom is -0.459 e. The van der Waals surface area contributed by atoms with Crippen LogP contribution in [0.2, 0.25) is 10.0 Å². The molecule has 0 spiro atoms. The molecule has 0 saturated carbocycles. The van der Waals surface area contributed by atoms with E-state index >= 15 is 0 Å². The lowest BCUT2D eigenvalue weighted by Crippen LogP contribution is -2.36. The number of carbonyl (C=O) groups is 3. The van der Waals surface area contributed by atoms with Gasteiger partial charge in [-0.25, -0.2) is 0 Å². The minimum absolute atomic E-state index is 0.000353. The van der Waals surface area contributed by atoms with Gasteiger partial charge in [0.1, 0.15) is 13.2 Å². The molecule has 1 heterocycles. The van der Waals surface area contributed by atoms with Crippen LogP contribution < -0.4 is 0 Å². The van der Waals surface area contributed by atoms with Gasteiger partial charge in [-0.1, -0.05) is 41.4 Å². The number of hydrogen-bond donors (Lipinski definition) is 0. The molecular weight excluding hydrogens is 353 g/mol. The van der Waals surface area contributed by atoms with E-state index in [0.29, 0.717) is 28.5 Å². The number of carbonyl (C=O) groups excluding carboxylic acids is 3. The second-order valence-corrected chi connectivity index (χ2v) is 6.64. The van der Waals surface area contributed by atoms with Crippen LogP contribution in [0.3, 0.4) is 0 Å². The lowest BCUT2D eigenvalue weighted by Gasteiger charge is -2.14. The van der Waals surface area contributed by atoms with Gasteiger partial charge in [-0.3, -0.25) is 19.3 Å². The van der Waals surface area contributed by atoms with Crippen molar-refractivity contribution in [3.8, 4) is 0 Å². The van der Waals surface area contributed by atoms with Crippen molar-refractivity contribution < 1.29 is 19.1 Å². The normalized spacial score (nSPS) is 22.7. The number of hydrogen-bond acceptors (Lipinski definition) is 4. The molecule has 0 aromatic heterocycles. The Morgan fingerprint density at radius 3 is 2.29 bits per heavy atom. The third kappa shape index (κ3) is 3.32. The van der Waals surface area contributed by atoms with Crippen LogP contribution in [0, 0.1) is 11.8 Å². The number of benzene rings is 1. The van der Waals surface area contributed by atoms with Gasteiger partial charge in [0.25, 0.3) is 0 Å². The fourth-order valence-corrected chi connectivity index (χ4v) is 3.31. The Morgan fingerprint density at radius 1 is 1.08 bits per heavy atom. The average Bonchev–Trinajstić information content (AvgIpc) is 2.81. The highest BCUT2D eigenvalue weighted by atomic mass is 35.5. The lowest BCUT2D eigenvalue weighted by atomic mass is 9.85. The maximum absolute atomic E-state index is 12.3. The maximum Gasteiger partial charge on any atom is 0.326 e. The van der Waals surface area contributed by atoms with Crippen molar-refractivity contribution >= 4 is 41.0 Å². The number of ether oxygens (including phenoxy) is 1. The van der Waals surface area contributed by atoms with Crippen LogP contribution >= 0.6 is 23.2 Å². The lowest BCUT2D eigenvalue weighted by molar-refractivity contribution is -0.153. The quantitative estimate of drug-likeness (QED) is 0.466. The van der Waals surface area contributed by atoms with Gasteiger partial charge >= 0.3 is 5.97 Å². The molecule has 0 bridgehead atoms. The number of esters is 1. The van der Waals surface area contributed by atoms with E-state index in [9.17, 15) is 14.4 Å². The summed E-state index contributed by atoms with van der Waals surface area (Å²) < 4.78 is 5.13. The van der Waals surface area contributed by atoms with Crippen LogP contribution in [0.1, 0.15) is 18.4 Å². The van der Waals surface area contributed by atoms with Crippen LogP contribution in [-0.2, 0) is 25.7 Å². The molecule has 1 aliphatic carbocycles. The Morgan fingerprint density at radius 2 is 1.71 bits per heavy atom. The first kappa shape index (κ1) is 17.0.